The fourth-order valence-electron chi connectivity index (χ4n) is 4.90. The minimum atomic E-state index is -3.84. The van der Waals surface area contributed by atoms with E-state index in [-0.39, 0.29) is 4.90 Å². The molecule has 0 spiro atoms. The molecule has 0 radical (unpaired) electrons. The maximum atomic E-state index is 13.4. The Bertz CT molecular complexity index is 745. The minimum Gasteiger partial charge on any atom is -0.299 e. The average molecular weight is 384 g/mol. The van der Waals surface area contributed by atoms with Crippen LogP contribution < -0.4 is 0 Å². The quantitative estimate of drug-likeness (QED) is 0.800. The van der Waals surface area contributed by atoms with Gasteiger partial charge in [-0.15, -0.1) is 0 Å². The molecular weight excluding hydrogens is 358 g/mol. The Hall–Kier alpha value is -1.05. The van der Waals surface area contributed by atoms with Crippen molar-refractivity contribution in [3.8, 4) is 0 Å². The van der Waals surface area contributed by atoms with Crippen LogP contribution in [0.4, 0.5) is 8.78 Å². The number of sulfonamides is 1. The van der Waals surface area contributed by atoms with Gasteiger partial charge in [0.2, 0.25) is 10.0 Å². The second-order valence-corrected chi connectivity index (χ2v) is 9.98. The standard InChI is InChI=1S/C19H26F2N2O2S/c20-16-8-17(21)10-18(9-16)26(24,25)23-7-6-19-15(13-23)12-22(19)11-14-4-2-1-3-5-14/h8-10,14-15,19H,1-7,11-13H2/t15-,19-/m1/s1. The molecule has 3 aliphatic rings. The molecule has 0 N–H and O–H groups in total. The molecule has 0 bridgehead atoms. The number of hydrogen-bond acceptors (Lipinski definition) is 3. The third-order valence-corrected chi connectivity index (χ3v) is 8.13. The van der Waals surface area contributed by atoms with Gasteiger partial charge in [0.05, 0.1) is 4.90 Å². The molecule has 26 heavy (non-hydrogen) atoms. The molecule has 2 heterocycles. The first-order valence-electron chi connectivity index (χ1n) is 9.64. The van der Waals surface area contributed by atoms with E-state index in [1.54, 1.807) is 0 Å². The minimum absolute atomic E-state index is 0.285. The highest BCUT2D eigenvalue weighted by Gasteiger charge is 2.45. The van der Waals surface area contributed by atoms with E-state index in [0.29, 0.717) is 31.1 Å². The molecule has 0 amide bonds. The molecule has 1 saturated carbocycles. The highest BCUT2D eigenvalue weighted by Crippen LogP contribution is 2.36. The van der Waals surface area contributed by atoms with Gasteiger partial charge in [-0.05, 0) is 37.3 Å². The summed E-state index contributed by atoms with van der Waals surface area (Å²) in [6, 6.07) is 2.97. The van der Waals surface area contributed by atoms with E-state index < -0.39 is 21.7 Å². The van der Waals surface area contributed by atoms with Gasteiger partial charge in [0.15, 0.2) is 0 Å². The summed E-state index contributed by atoms with van der Waals surface area (Å²) >= 11 is 0. The Morgan fingerprint density at radius 3 is 2.31 bits per heavy atom. The molecule has 1 aliphatic carbocycles. The number of likely N-dealkylation sites (tertiary alicyclic amines) is 1. The van der Waals surface area contributed by atoms with Crippen molar-refractivity contribution in [1.29, 1.82) is 0 Å². The van der Waals surface area contributed by atoms with Crippen LogP contribution in [0.5, 0.6) is 0 Å². The second kappa shape index (κ2) is 7.17. The Labute approximate surface area is 154 Å². The van der Waals surface area contributed by atoms with Gasteiger partial charge in [0.1, 0.15) is 11.6 Å². The molecule has 3 fully saturated rings. The van der Waals surface area contributed by atoms with E-state index in [9.17, 15) is 17.2 Å². The summed E-state index contributed by atoms with van der Waals surface area (Å²) in [5.41, 5.74) is 0. The zero-order valence-electron chi connectivity index (χ0n) is 14.9. The van der Waals surface area contributed by atoms with Crippen LogP contribution in [0.2, 0.25) is 0 Å². The third-order valence-electron chi connectivity index (χ3n) is 6.29. The highest BCUT2D eigenvalue weighted by atomic mass is 32.2. The lowest BCUT2D eigenvalue weighted by molar-refractivity contribution is -0.0369. The van der Waals surface area contributed by atoms with E-state index in [1.807, 2.05) is 0 Å². The number of hydrogen-bond donors (Lipinski definition) is 0. The van der Waals surface area contributed by atoms with Gasteiger partial charge in [0.25, 0.3) is 0 Å². The molecule has 0 unspecified atom stereocenters. The van der Waals surface area contributed by atoms with Crippen LogP contribution in [0.3, 0.4) is 0 Å². The van der Waals surface area contributed by atoms with Crippen LogP contribution in [0.1, 0.15) is 38.5 Å². The number of halogens is 2. The zero-order valence-corrected chi connectivity index (χ0v) is 15.7. The Balaban J connectivity index is 1.39. The Morgan fingerprint density at radius 2 is 1.65 bits per heavy atom. The van der Waals surface area contributed by atoms with Gasteiger partial charge in [-0.3, -0.25) is 4.90 Å². The van der Waals surface area contributed by atoms with Gasteiger partial charge in [-0.25, -0.2) is 17.2 Å². The number of fused-ring (bicyclic) bond motifs is 1. The summed E-state index contributed by atoms with van der Waals surface area (Å²) in [5.74, 6) is -0.594. The first-order chi connectivity index (χ1) is 12.4. The molecule has 144 valence electrons. The van der Waals surface area contributed by atoms with E-state index >= 15 is 0 Å². The number of piperidine rings is 1. The van der Waals surface area contributed by atoms with Gasteiger partial charge in [0, 0.05) is 44.2 Å². The lowest BCUT2D eigenvalue weighted by Gasteiger charge is -2.54. The Kier molecular flexibility index (Phi) is 5.05. The fourth-order valence-corrected chi connectivity index (χ4v) is 6.46. The molecule has 4 nitrogen and oxygen atoms in total. The van der Waals surface area contributed by atoms with Crippen LogP contribution in [-0.4, -0.2) is 49.8 Å². The van der Waals surface area contributed by atoms with Crippen molar-refractivity contribution < 1.29 is 17.2 Å². The lowest BCUT2D eigenvalue weighted by atomic mass is 9.81. The molecular formula is C19H26F2N2O2S. The summed E-state index contributed by atoms with van der Waals surface area (Å²) < 4.78 is 53.7. The van der Waals surface area contributed by atoms with E-state index in [4.69, 9.17) is 0 Å². The number of benzene rings is 1. The van der Waals surface area contributed by atoms with Crippen LogP contribution in [0.15, 0.2) is 23.1 Å². The van der Waals surface area contributed by atoms with Gasteiger partial charge in [-0.2, -0.15) is 4.31 Å². The zero-order chi connectivity index (χ0) is 18.3. The maximum Gasteiger partial charge on any atom is 0.243 e. The van der Waals surface area contributed by atoms with Gasteiger partial charge < -0.3 is 0 Å². The predicted molar refractivity (Wildman–Crippen MR) is 95.2 cm³/mol. The summed E-state index contributed by atoms with van der Waals surface area (Å²) in [5, 5.41) is 0. The first kappa shape index (κ1) is 18.3. The van der Waals surface area contributed by atoms with E-state index in [1.165, 1.54) is 36.4 Å². The van der Waals surface area contributed by atoms with Crippen molar-refractivity contribution in [2.24, 2.45) is 11.8 Å². The SMILES string of the molecule is O=S(=O)(c1cc(F)cc(F)c1)N1CC[C@@H]2[C@H](CN2CC2CCCCC2)C1. The van der Waals surface area contributed by atoms with Crippen molar-refractivity contribution in [2.75, 3.05) is 26.2 Å². The smallest absolute Gasteiger partial charge is 0.243 e. The second-order valence-electron chi connectivity index (χ2n) is 8.04. The van der Waals surface area contributed by atoms with Crippen molar-refractivity contribution in [2.45, 2.75) is 49.5 Å². The van der Waals surface area contributed by atoms with Gasteiger partial charge >= 0.3 is 0 Å². The topological polar surface area (TPSA) is 40.6 Å². The summed E-state index contributed by atoms with van der Waals surface area (Å²) in [6.45, 7) is 2.95. The predicted octanol–water partition coefficient (Wildman–Crippen LogP) is 3.24. The maximum absolute atomic E-state index is 13.4. The summed E-state index contributed by atoms with van der Waals surface area (Å²) in [7, 11) is -3.84. The largest absolute Gasteiger partial charge is 0.299 e. The van der Waals surface area contributed by atoms with E-state index in [2.05, 4.69) is 4.90 Å². The first-order valence-corrected chi connectivity index (χ1v) is 11.1. The van der Waals surface area contributed by atoms with Crippen molar-refractivity contribution in [3.05, 3.63) is 29.8 Å². The molecule has 0 aromatic heterocycles. The molecule has 2 atom stereocenters. The number of rotatable bonds is 4. The Morgan fingerprint density at radius 1 is 0.962 bits per heavy atom. The molecule has 2 saturated heterocycles. The number of nitrogens with zero attached hydrogens (tertiary/aromatic N) is 2. The molecule has 4 rings (SSSR count). The summed E-state index contributed by atoms with van der Waals surface area (Å²) in [4.78, 5) is 2.23. The van der Waals surface area contributed by atoms with Crippen molar-refractivity contribution >= 4 is 10.0 Å². The van der Waals surface area contributed by atoms with Crippen molar-refractivity contribution in [3.63, 3.8) is 0 Å². The lowest BCUT2D eigenvalue weighted by Crippen LogP contribution is -2.64. The monoisotopic (exact) mass is 384 g/mol. The van der Waals surface area contributed by atoms with E-state index in [0.717, 1.165) is 37.6 Å². The average Bonchev–Trinajstić information content (AvgIpc) is 2.59. The molecule has 1 aromatic carbocycles. The van der Waals surface area contributed by atoms with Gasteiger partial charge in [-0.1, -0.05) is 19.3 Å². The molecule has 1 aromatic rings. The normalized spacial score (nSPS) is 28.5. The fraction of sp³-hybridized carbons (Fsp3) is 0.684. The van der Waals surface area contributed by atoms with Crippen LogP contribution >= 0.6 is 0 Å². The highest BCUT2D eigenvalue weighted by molar-refractivity contribution is 7.89. The van der Waals surface area contributed by atoms with Crippen LogP contribution in [0.25, 0.3) is 0 Å². The van der Waals surface area contributed by atoms with Crippen LogP contribution in [-0.2, 0) is 10.0 Å². The van der Waals surface area contributed by atoms with Crippen LogP contribution in [0, 0.1) is 23.5 Å². The molecule has 2 aliphatic heterocycles. The molecule has 7 heteroatoms. The van der Waals surface area contributed by atoms with Crippen molar-refractivity contribution in [1.82, 2.24) is 9.21 Å². The third kappa shape index (κ3) is 3.53. The summed E-state index contributed by atoms with van der Waals surface area (Å²) in [6.07, 6.45) is 7.47.